The molecule has 286 valence electrons. The van der Waals surface area contributed by atoms with E-state index in [4.69, 9.17) is 9.47 Å². The molecule has 0 bridgehead atoms. The molecule has 2 aliphatic heterocycles. The topological polar surface area (TPSA) is 126 Å². The Morgan fingerprint density at radius 2 is 1.48 bits per heavy atom. The van der Waals surface area contributed by atoms with Crippen LogP contribution in [0.1, 0.15) is 82.3 Å². The van der Waals surface area contributed by atoms with Crippen molar-refractivity contribution in [3.63, 3.8) is 0 Å². The zero-order valence-corrected chi connectivity index (χ0v) is 31.3. The number of Topliss-reactive ketones (excluding diaryl/α,β-unsaturated/α-hetero) is 1. The molecule has 0 saturated carbocycles. The van der Waals surface area contributed by atoms with Gasteiger partial charge in [0.05, 0.1) is 36.3 Å². The van der Waals surface area contributed by atoms with E-state index in [0.29, 0.717) is 17.8 Å². The largest absolute Gasteiger partial charge is 0.392 e. The molecular formula is C46H46N4O6. The van der Waals surface area contributed by atoms with E-state index in [1.165, 1.54) is 6.92 Å². The van der Waals surface area contributed by atoms with Gasteiger partial charge in [-0.2, -0.15) is 0 Å². The number of amides is 1. The molecule has 3 N–H and O–H groups in total. The molecule has 3 heterocycles. The zero-order valence-electron chi connectivity index (χ0n) is 31.3. The predicted molar refractivity (Wildman–Crippen MR) is 215 cm³/mol. The minimum Gasteiger partial charge on any atom is -0.392 e. The van der Waals surface area contributed by atoms with Gasteiger partial charge in [0.25, 0.3) is 0 Å². The lowest BCUT2D eigenvalue weighted by Gasteiger charge is -2.45. The van der Waals surface area contributed by atoms with Crippen LogP contribution in [0.25, 0.3) is 11.0 Å². The van der Waals surface area contributed by atoms with Crippen molar-refractivity contribution in [2.45, 2.75) is 63.3 Å². The number of imidazole rings is 1. The van der Waals surface area contributed by atoms with Crippen LogP contribution in [0.2, 0.25) is 0 Å². The van der Waals surface area contributed by atoms with Crippen molar-refractivity contribution < 1.29 is 24.2 Å². The molecule has 2 aliphatic rings. The van der Waals surface area contributed by atoms with Gasteiger partial charge < -0.3 is 29.8 Å². The first-order valence-electron chi connectivity index (χ1n) is 19.3. The molecule has 2 fully saturated rings. The van der Waals surface area contributed by atoms with Crippen LogP contribution in [0.4, 0.5) is 5.69 Å². The average molecular weight is 751 g/mol. The minimum atomic E-state index is -0.679. The maximum atomic E-state index is 13.0. The van der Waals surface area contributed by atoms with Crippen LogP contribution in [0.3, 0.4) is 0 Å². The van der Waals surface area contributed by atoms with Crippen molar-refractivity contribution in [2.24, 2.45) is 0 Å². The molecule has 10 heteroatoms. The molecule has 2 saturated heterocycles. The third-order valence-electron chi connectivity index (χ3n) is 11.1. The summed E-state index contributed by atoms with van der Waals surface area (Å²) < 4.78 is 15.8. The van der Waals surface area contributed by atoms with E-state index >= 15 is 0 Å². The number of benzene rings is 5. The van der Waals surface area contributed by atoms with Gasteiger partial charge in [0.1, 0.15) is 0 Å². The number of aliphatic hydroxyl groups excluding tert-OH is 1. The second-order valence-corrected chi connectivity index (χ2v) is 14.9. The van der Waals surface area contributed by atoms with Gasteiger partial charge in [-0.25, -0.2) is 4.79 Å². The summed E-state index contributed by atoms with van der Waals surface area (Å²) >= 11 is 0. The van der Waals surface area contributed by atoms with Gasteiger partial charge in [-0.1, -0.05) is 103 Å². The van der Waals surface area contributed by atoms with Crippen LogP contribution in [0, 0.1) is 0 Å². The summed E-state index contributed by atoms with van der Waals surface area (Å²) in [5.74, 6) is -0.375. The molecule has 4 atom stereocenters. The summed E-state index contributed by atoms with van der Waals surface area (Å²) in [6, 6.07) is 41.0. The zero-order chi connectivity index (χ0) is 38.6. The highest BCUT2D eigenvalue weighted by atomic mass is 16.7. The molecule has 1 amide bonds. The third-order valence-corrected chi connectivity index (χ3v) is 11.1. The fraction of sp³-hybridized carbons (Fsp3) is 0.283. The molecular weight excluding hydrogens is 705 g/mol. The predicted octanol–water partition coefficient (Wildman–Crippen LogP) is 7.48. The number of fused-ring (bicyclic) bond motifs is 1. The first kappa shape index (κ1) is 37.3. The Bertz CT molecular complexity index is 2350. The number of nitrogens with zero attached hydrogens (tertiary/aromatic N) is 2. The minimum absolute atomic E-state index is 0.0436. The molecule has 5 aromatic carbocycles. The number of aliphatic hydroxyl groups is 1. The summed E-state index contributed by atoms with van der Waals surface area (Å²) in [5.41, 5.74) is 7.47. The van der Waals surface area contributed by atoms with E-state index in [1.807, 2.05) is 95.6 Å². The Labute approximate surface area is 325 Å². The third kappa shape index (κ3) is 8.15. The van der Waals surface area contributed by atoms with E-state index in [0.717, 1.165) is 64.8 Å². The number of piperidine rings is 1. The average Bonchev–Trinajstić information content (AvgIpc) is 3.57. The standard InChI is InChI=1S/C46H46N4O6/c1-30(52)36-10-7-11-37(27-36)47-42(53)26-31-14-20-35(21-15-31)45-55-41(28-49-24-22-38(23-25-49)50-40-13-6-5-12-39(40)48-46(50)54)43(33-8-3-2-4-9-33)44(56-45)34-18-16-32(29-51)17-19-34/h2-21,27,38,41,43-45,51H,22-26,28-29H2,1H3,(H,47,53)(H,48,54). The lowest BCUT2D eigenvalue weighted by Crippen LogP contribution is -2.47. The normalized spacial score (nSPS) is 20.5. The van der Waals surface area contributed by atoms with Crippen LogP contribution >= 0.6 is 0 Å². The fourth-order valence-electron chi connectivity index (χ4n) is 8.22. The van der Waals surface area contributed by atoms with Crippen LogP contribution in [0.5, 0.6) is 0 Å². The van der Waals surface area contributed by atoms with Gasteiger partial charge in [-0.05, 0) is 66.3 Å². The van der Waals surface area contributed by atoms with Crippen molar-refractivity contribution in [2.75, 3.05) is 25.0 Å². The first-order chi connectivity index (χ1) is 27.3. The summed E-state index contributed by atoms with van der Waals surface area (Å²) in [6.07, 6.45) is 0.564. The maximum Gasteiger partial charge on any atom is 0.326 e. The molecule has 1 aromatic heterocycles. The first-order valence-corrected chi connectivity index (χ1v) is 19.3. The number of ether oxygens (including phenoxy) is 2. The Morgan fingerprint density at radius 3 is 2.21 bits per heavy atom. The summed E-state index contributed by atoms with van der Waals surface area (Å²) in [4.78, 5) is 43.3. The van der Waals surface area contributed by atoms with Gasteiger partial charge in [-0.3, -0.25) is 14.2 Å². The van der Waals surface area contributed by atoms with Gasteiger partial charge in [-0.15, -0.1) is 0 Å². The number of anilines is 1. The number of rotatable bonds is 11. The number of H-pyrrole nitrogens is 1. The molecule has 8 rings (SSSR count). The van der Waals surface area contributed by atoms with E-state index < -0.39 is 6.29 Å². The second-order valence-electron chi connectivity index (χ2n) is 14.9. The maximum absolute atomic E-state index is 13.0. The Balaban J connectivity index is 1.03. The molecule has 4 unspecified atom stereocenters. The van der Waals surface area contributed by atoms with E-state index in [2.05, 4.69) is 27.3 Å². The van der Waals surface area contributed by atoms with Crippen molar-refractivity contribution in [1.29, 1.82) is 0 Å². The number of ketones is 1. The van der Waals surface area contributed by atoms with Crippen molar-refractivity contribution in [3.8, 4) is 0 Å². The molecule has 56 heavy (non-hydrogen) atoms. The number of aromatic amines is 1. The Morgan fingerprint density at radius 1 is 0.786 bits per heavy atom. The summed E-state index contributed by atoms with van der Waals surface area (Å²) in [6.45, 7) is 3.76. The lowest BCUT2D eigenvalue weighted by molar-refractivity contribution is -0.264. The monoisotopic (exact) mass is 750 g/mol. The second kappa shape index (κ2) is 16.6. The number of nitrogens with one attached hydrogen (secondary N) is 2. The fourth-order valence-corrected chi connectivity index (χ4v) is 8.22. The van der Waals surface area contributed by atoms with E-state index in [1.54, 1.807) is 24.3 Å². The lowest BCUT2D eigenvalue weighted by atomic mass is 9.83. The van der Waals surface area contributed by atoms with Crippen LogP contribution in [-0.4, -0.2) is 57.0 Å². The molecule has 0 radical (unpaired) electrons. The van der Waals surface area contributed by atoms with Gasteiger partial charge >= 0.3 is 5.69 Å². The number of hydrogen-bond donors (Lipinski definition) is 3. The molecule has 6 aromatic rings. The van der Waals surface area contributed by atoms with Crippen molar-refractivity contribution in [3.05, 3.63) is 171 Å². The van der Waals surface area contributed by atoms with Crippen LogP contribution in [0.15, 0.2) is 132 Å². The van der Waals surface area contributed by atoms with Gasteiger partial charge in [0, 0.05) is 48.4 Å². The number of aromatic nitrogens is 2. The SMILES string of the molecule is CC(=O)c1cccc(NC(=O)Cc2ccc(C3OC(CN4CCC(n5c(=O)[nH]c6ccccc65)CC4)C(c4ccccc4)C(c4ccc(CO)cc4)O3)cc2)c1. The number of likely N-dealkylation sites (tertiary alicyclic amines) is 1. The quantitative estimate of drug-likeness (QED) is 0.117. The number of carbonyl (C=O) groups is 2. The van der Waals surface area contributed by atoms with E-state index in [-0.39, 0.29) is 54.6 Å². The van der Waals surface area contributed by atoms with Crippen LogP contribution < -0.4 is 11.0 Å². The van der Waals surface area contributed by atoms with Gasteiger partial charge in [0.15, 0.2) is 12.1 Å². The Hall–Kier alpha value is -5.65. The highest BCUT2D eigenvalue weighted by Crippen LogP contribution is 2.47. The van der Waals surface area contributed by atoms with Gasteiger partial charge in [0.2, 0.25) is 5.91 Å². The molecule has 0 aliphatic carbocycles. The summed E-state index contributed by atoms with van der Waals surface area (Å²) in [7, 11) is 0. The van der Waals surface area contributed by atoms with E-state index in [9.17, 15) is 19.5 Å². The van der Waals surface area contributed by atoms with Crippen LogP contribution in [-0.2, 0) is 27.3 Å². The number of carbonyl (C=O) groups excluding carboxylic acids is 2. The smallest absolute Gasteiger partial charge is 0.326 e. The number of para-hydroxylation sites is 2. The van der Waals surface area contributed by atoms with Crippen molar-refractivity contribution in [1.82, 2.24) is 14.5 Å². The highest BCUT2D eigenvalue weighted by molar-refractivity contribution is 5.97. The molecule has 10 nitrogen and oxygen atoms in total. The van der Waals surface area contributed by atoms with Crippen molar-refractivity contribution >= 4 is 28.4 Å². The Kier molecular flexibility index (Phi) is 11.1. The number of hydrogen-bond acceptors (Lipinski definition) is 7. The highest BCUT2D eigenvalue weighted by Gasteiger charge is 2.43. The molecule has 0 spiro atoms. The summed E-state index contributed by atoms with van der Waals surface area (Å²) in [5, 5.41) is 12.7.